The standard InChI is InChI=1S/C14H11FN2O/c15-12-6-2-1-4-11(12)9-17-13(18)8-10-5-3-7-16-14(10)17/h1-7H,8-9H2. The Morgan fingerprint density at radius 1 is 1.22 bits per heavy atom. The molecule has 0 bridgehead atoms. The molecule has 3 rings (SSSR count). The molecular weight excluding hydrogens is 231 g/mol. The first-order valence-electron chi connectivity index (χ1n) is 5.73. The molecule has 1 aromatic heterocycles. The Morgan fingerprint density at radius 2 is 2.06 bits per heavy atom. The van der Waals surface area contributed by atoms with Crippen LogP contribution in [-0.2, 0) is 17.8 Å². The Kier molecular flexibility index (Phi) is 2.55. The summed E-state index contributed by atoms with van der Waals surface area (Å²) < 4.78 is 13.6. The van der Waals surface area contributed by atoms with Gasteiger partial charge in [0.1, 0.15) is 11.6 Å². The fourth-order valence-electron chi connectivity index (χ4n) is 2.15. The highest BCUT2D eigenvalue weighted by molar-refractivity contribution is 6.00. The SMILES string of the molecule is O=C1Cc2cccnc2N1Cc1ccccc1F. The Labute approximate surface area is 104 Å². The molecule has 0 saturated carbocycles. The normalized spacial score (nSPS) is 13.8. The zero-order valence-corrected chi connectivity index (χ0v) is 9.64. The van der Waals surface area contributed by atoms with Gasteiger partial charge < -0.3 is 0 Å². The molecule has 2 aromatic rings. The average molecular weight is 242 g/mol. The van der Waals surface area contributed by atoms with Crippen LogP contribution in [-0.4, -0.2) is 10.9 Å². The second-order valence-corrected chi connectivity index (χ2v) is 4.23. The average Bonchev–Trinajstić information content (AvgIpc) is 2.69. The number of carbonyl (C=O) groups excluding carboxylic acids is 1. The summed E-state index contributed by atoms with van der Waals surface area (Å²) in [6, 6.07) is 10.2. The first kappa shape index (κ1) is 10.9. The van der Waals surface area contributed by atoms with E-state index in [0.717, 1.165) is 5.56 Å². The summed E-state index contributed by atoms with van der Waals surface area (Å²) in [6.07, 6.45) is 1.99. The lowest BCUT2D eigenvalue weighted by molar-refractivity contribution is -0.117. The van der Waals surface area contributed by atoms with E-state index in [0.29, 0.717) is 17.8 Å². The zero-order valence-electron chi connectivity index (χ0n) is 9.64. The van der Waals surface area contributed by atoms with E-state index in [4.69, 9.17) is 0 Å². The van der Waals surface area contributed by atoms with Crippen LogP contribution in [0.3, 0.4) is 0 Å². The molecule has 1 aliphatic heterocycles. The Hall–Kier alpha value is -2.23. The van der Waals surface area contributed by atoms with Gasteiger partial charge in [-0.2, -0.15) is 0 Å². The molecule has 1 aromatic carbocycles. The number of hydrogen-bond donors (Lipinski definition) is 0. The van der Waals surface area contributed by atoms with Crippen molar-refractivity contribution in [3.63, 3.8) is 0 Å². The molecule has 3 nitrogen and oxygen atoms in total. The maximum absolute atomic E-state index is 13.6. The third kappa shape index (κ3) is 1.76. The molecular formula is C14H11FN2O. The van der Waals surface area contributed by atoms with Crippen LogP contribution in [0.25, 0.3) is 0 Å². The lowest BCUT2D eigenvalue weighted by Crippen LogP contribution is -2.27. The van der Waals surface area contributed by atoms with E-state index in [2.05, 4.69) is 4.98 Å². The van der Waals surface area contributed by atoms with Gasteiger partial charge >= 0.3 is 0 Å². The van der Waals surface area contributed by atoms with Gasteiger partial charge in [0, 0.05) is 17.3 Å². The topological polar surface area (TPSA) is 33.2 Å². The van der Waals surface area contributed by atoms with E-state index in [1.165, 1.54) is 11.0 Å². The van der Waals surface area contributed by atoms with Crippen LogP contribution in [0.4, 0.5) is 10.2 Å². The van der Waals surface area contributed by atoms with Crippen molar-refractivity contribution in [3.05, 3.63) is 59.5 Å². The van der Waals surface area contributed by atoms with Crippen LogP contribution in [0.2, 0.25) is 0 Å². The van der Waals surface area contributed by atoms with Gasteiger partial charge in [0.2, 0.25) is 5.91 Å². The summed E-state index contributed by atoms with van der Waals surface area (Å²) in [5, 5.41) is 0. The molecule has 0 N–H and O–H groups in total. The number of aromatic nitrogens is 1. The van der Waals surface area contributed by atoms with Crippen LogP contribution in [0, 0.1) is 5.82 Å². The van der Waals surface area contributed by atoms with Gasteiger partial charge in [-0.15, -0.1) is 0 Å². The molecule has 0 fully saturated rings. The van der Waals surface area contributed by atoms with E-state index in [1.54, 1.807) is 30.5 Å². The number of halogens is 1. The molecule has 0 radical (unpaired) electrons. The maximum Gasteiger partial charge on any atom is 0.233 e. The maximum atomic E-state index is 13.6. The number of fused-ring (bicyclic) bond motifs is 1. The summed E-state index contributed by atoms with van der Waals surface area (Å²) in [7, 11) is 0. The Bertz CT molecular complexity index is 612. The van der Waals surface area contributed by atoms with Gasteiger partial charge in [-0.25, -0.2) is 9.37 Å². The summed E-state index contributed by atoms with van der Waals surface area (Å²) in [4.78, 5) is 17.6. The lowest BCUT2D eigenvalue weighted by atomic mass is 10.2. The predicted octanol–water partition coefficient (Wildman–Crippen LogP) is 2.31. The smallest absolute Gasteiger partial charge is 0.233 e. The second-order valence-electron chi connectivity index (χ2n) is 4.23. The van der Waals surface area contributed by atoms with Gasteiger partial charge in [0.15, 0.2) is 0 Å². The summed E-state index contributed by atoms with van der Waals surface area (Å²) in [5.74, 6) is 0.312. The number of amides is 1. The molecule has 2 heterocycles. The minimum atomic E-state index is -0.297. The largest absolute Gasteiger partial charge is 0.292 e. The molecule has 0 saturated heterocycles. The molecule has 0 spiro atoms. The first-order valence-corrected chi connectivity index (χ1v) is 5.73. The van der Waals surface area contributed by atoms with Crippen LogP contribution in [0.15, 0.2) is 42.6 Å². The van der Waals surface area contributed by atoms with Gasteiger partial charge in [0.25, 0.3) is 0 Å². The minimum absolute atomic E-state index is 0.0352. The number of rotatable bonds is 2. The van der Waals surface area contributed by atoms with Crippen molar-refractivity contribution in [1.82, 2.24) is 4.98 Å². The number of benzene rings is 1. The van der Waals surface area contributed by atoms with Crippen LogP contribution in [0.5, 0.6) is 0 Å². The molecule has 0 unspecified atom stereocenters. The van der Waals surface area contributed by atoms with Crippen molar-refractivity contribution in [2.75, 3.05) is 4.90 Å². The van der Waals surface area contributed by atoms with Crippen molar-refractivity contribution in [3.8, 4) is 0 Å². The monoisotopic (exact) mass is 242 g/mol. The Balaban J connectivity index is 1.94. The van der Waals surface area contributed by atoms with Crippen molar-refractivity contribution in [2.45, 2.75) is 13.0 Å². The fraction of sp³-hybridized carbons (Fsp3) is 0.143. The highest BCUT2D eigenvalue weighted by atomic mass is 19.1. The third-order valence-electron chi connectivity index (χ3n) is 3.05. The second kappa shape index (κ2) is 4.22. The van der Waals surface area contributed by atoms with Crippen molar-refractivity contribution in [1.29, 1.82) is 0 Å². The number of pyridine rings is 1. The highest BCUT2D eigenvalue weighted by Gasteiger charge is 2.28. The number of hydrogen-bond acceptors (Lipinski definition) is 2. The highest BCUT2D eigenvalue weighted by Crippen LogP contribution is 2.27. The van der Waals surface area contributed by atoms with Gasteiger partial charge in [-0.05, 0) is 12.1 Å². The van der Waals surface area contributed by atoms with E-state index in [9.17, 15) is 9.18 Å². The van der Waals surface area contributed by atoms with E-state index in [1.807, 2.05) is 6.07 Å². The quantitative estimate of drug-likeness (QED) is 0.809. The molecule has 4 heteroatoms. The van der Waals surface area contributed by atoms with Crippen molar-refractivity contribution < 1.29 is 9.18 Å². The van der Waals surface area contributed by atoms with Gasteiger partial charge in [-0.3, -0.25) is 9.69 Å². The van der Waals surface area contributed by atoms with E-state index < -0.39 is 0 Å². The molecule has 0 atom stereocenters. The van der Waals surface area contributed by atoms with Gasteiger partial charge in [-0.1, -0.05) is 24.3 Å². The van der Waals surface area contributed by atoms with Crippen molar-refractivity contribution >= 4 is 11.7 Å². The van der Waals surface area contributed by atoms with Gasteiger partial charge in [0.05, 0.1) is 13.0 Å². The van der Waals surface area contributed by atoms with Crippen LogP contribution >= 0.6 is 0 Å². The minimum Gasteiger partial charge on any atom is -0.292 e. The summed E-state index contributed by atoms with van der Waals surface area (Å²) in [6.45, 7) is 0.232. The number of anilines is 1. The first-order chi connectivity index (χ1) is 8.75. The molecule has 0 aliphatic carbocycles. The summed E-state index contributed by atoms with van der Waals surface area (Å²) >= 11 is 0. The zero-order chi connectivity index (χ0) is 12.5. The predicted molar refractivity (Wildman–Crippen MR) is 65.5 cm³/mol. The molecule has 90 valence electrons. The third-order valence-corrected chi connectivity index (χ3v) is 3.05. The summed E-state index contributed by atoms with van der Waals surface area (Å²) in [5.41, 5.74) is 1.41. The molecule has 18 heavy (non-hydrogen) atoms. The molecule has 1 aliphatic rings. The van der Waals surface area contributed by atoms with Crippen LogP contribution in [0.1, 0.15) is 11.1 Å². The Morgan fingerprint density at radius 3 is 2.89 bits per heavy atom. The van der Waals surface area contributed by atoms with E-state index in [-0.39, 0.29) is 18.3 Å². The molecule has 1 amide bonds. The van der Waals surface area contributed by atoms with Crippen molar-refractivity contribution in [2.24, 2.45) is 0 Å². The van der Waals surface area contributed by atoms with Crippen LogP contribution < -0.4 is 4.90 Å². The van der Waals surface area contributed by atoms with E-state index >= 15 is 0 Å². The number of carbonyl (C=O) groups is 1. The lowest BCUT2D eigenvalue weighted by Gasteiger charge is -2.16. The number of nitrogens with zero attached hydrogens (tertiary/aromatic N) is 2. The fourth-order valence-corrected chi connectivity index (χ4v) is 2.15.